The van der Waals surface area contributed by atoms with Gasteiger partial charge >= 0.3 is 0 Å². The van der Waals surface area contributed by atoms with E-state index in [9.17, 15) is 9.59 Å². The number of hydrogen-bond donors (Lipinski definition) is 1. The van der Waals surface area contributed by atoms with Crippen molar-refractivity contribution in [3.8, 4) is 0 Å². The lowest BCUT2D eigenvalue weighted by Crippen LogP contribution is -2.33. The zero-order chi connectivity index (χ0) is 9.56. The Kier molecular flexibility index (Phi) is 5.44. The molecule has 0 bridgehead atoms. The molecule has 70 valence electrons. The highest BCUT2D eigenvalue weighted by atomic mass is 16.6. The van der Waals surface area contributed by atoms with Crippen molar-refractivity contribution in [3.05, 3.63) is 0 Å². The zero-order valence-corrected chi connectivity index (χ0v) is 6.97. The van der Waals surface area contributed by atoms with Gasteiger partial charge in [0.15, 0.2) is 12.6 Å². The smallest absolute Gasteiger partial charge is 0.212 e. The van der Waals surface area contributed by atoms with Gasteiger partial charge in [0.1, 0.15) is 6.10 Å². The lowest BCUT2D eigenvalue weighted by Gasteiger charge is -2.18. The molecule has 0 aliphatic carbocycles. The fourth-order valence-electron chi connectivity index (χ4n) is 0.687. The second-order valence-electron chi connectivity index (χ2n) is 2.20. The Hall–Kier alpha value is -0.780. The van der Waals surface area contributed by atoms with Gasteiger partial charge < -0.3 is 19.4 Å². The molecule has 0 heterocycles. The van der Waals surface area contributed by atoms with Gasteiger partial charge in [-0.1, -0.05) is 0 Å². The van der Waals surface area contributed by atoms with Crippen molar-refractivity contribution in [3.63, 3.8) is 0 Å². The monoisotopic (exact) mass is 176 g/mol. The van der Waals surface area contributed by atoms with E-state index in [2.05, 4.69) is 9.47 Å². The van der Waals surface area contributed by atoms with Crippen molar-refractivity contribution < 1.29 is 24.2 Å². The number of aliphatic hydroxyl groups is 1. The van der Waals surface area contributed by atoms with Gasteiger partial charge in [-0.3, -0.25) is 4.79 Å². The maximum absolute atomic E-state index is 10.3. The Morgan fingerprint density at radius 1 is 1.33 bits per heavy atom. The van der Waals surface area contributed by atoms with Crippen LogP contribution in [0.4, 0.5) is 0 Å². The molecule has 5 nitrogen and oxygen atoms in total. The Bertz CT molecular complexity index is 147. The molecule has 0 fully saturated rings. The van der Waals surface area contributed by atoms with Gasteiger partial charge in [0.2, 0.25) is 6.29 Å². The molecule has 0 radical (unpaired) electrons. The van der Waals surface area contributed by atoms with E-state index in [4.69, 9.17) is 5.11 Å². The van der Waals surface area contributed by atoms with Gasteiger partial charge in [0.05, 0.1) is 6.10 Å². The average Bonchev–Trinajstić information content (AvgIpc) is 2.06. The fourth-order valence-corrected chi connectivity index (χ4v) is 0.687. The van der Waals surface area contributed by atoms with Crippen LogP contribution in [0.3, 0.4) is 0 Å². The first-order valence-electron chi connectivity index (χ1n) is 3.42. The van der Waals surface area contributed by atoms with Crippen LogP contribution >= 0.6 is 0 Å². The Balaban J connectivity index is 3.90. The standard InChI is InChI=1S/C7H12O5/c1-5(6(3-8)11-2)12-7(10)4-9/h3-7,10H,1-2H3/t5?,6-,7+/m1/s1. The van der Waals surface area contributed by atoms with Crippen LogP contribution < -0.4 is 0 Å². The average molecular weight is 176 g/mol. The second-order valence-corrected chi connectivity index (χ2v) is 2.20. The number of ether oxygens (including phenoxy) is 2. The molecule has 0 amide bonds. The van der Waals surface area contributed by atoms with Gasteiger partial charge in [-0.2, -0.15) is 0 Å². The van der Waals surface area contributed by atoms with E-state index < -0.39 is 18.5 Å². The minimum Gasteiger partial charge on any atom is -0.371 e. The summed E-state index contributed by atoms with van der Waals surface area (Å²) in [5.74, 6) is 0. The zero-order valence-electron chi connectivity index (χ0n) is 6.97. The highest BCUT2D eigenvalue weighted by molar-refractivity contribution is 5.57. The molecule has 1 unspecified atom stereocenters. The molecule has 1 N–H and O–H groups in total. The predicted octanol–water partition coefficient (Wildman–Crippen LogP) is -0.877. The molecule has 12 heavy (non-hydrogen) atoms. The third-order valence-electron chi connectivity index (χ3n) is 1.34. The molecule has 0 aliphatic rings. The molecule has 0 aromatic carbocycles. The molecular weight excluding hydrogens is 164 g/mol. The van der Waals surface area contributed by atoms with E-state index in [0.29, 0.717) is 6.29 Å². The quantitative estimate of drug-likeness (QED) is 0.420. The molecule has 3 atom stereocenters. The van der Waals surface area contributed by atoms with Crippen LogP contribution in [-0.2, 0) is 19.1 Å². The molecule has 0 rings (SSSR count). The van der Waals surface area contributed by atoms with Crippen LogP contribution in [-0.4, -0.2) is 43.3 Å². The Morgan fingerprint density at radius 2 is 1.92 bits per heavy atom. The van der Waals surface area contributed by atoms with E-state index in [-0.39, 0.29) is 6.29 Å². The van der Waals surface area contributed by atoms with Gasteiger partial charge in [-0.15, -0.1) is 0 Å². The number of aliphatic hydroxyl groups excluding tert-OH is 1. The molecular formula is C7H12O5. The fraction of sp³-hybridized carbons (Fsp3) is 0.714. The van der Waals surface area contributed by atoms with E-state index >= 15 is 0 Å². The number of carbonyl (C=O) groups is 2. The summed E-state index contributed by atoms with van der Waals surface area (Å²) in [6, 6.07) is 0. The number of methoxy groups -OCH3 is 1. The summed E-state index contributed by atoms with van der Waals surface area (Å²) >= 11 is 0. The van der Waals surface area contributed by atoms with E-state index in [1.165, 1.54) is 14.0 Å². The predicted molar refractivity (Wildman–Crippen MR) is 39.5 cm³/mol. The minimum atomic E-state index is -1.50. The maximum Gasteiger partial charge on any atom is 0.212 e. The Morgan fingerprint density at radius 3 is 2.25 bits per heavy atom. The maximum atomic E-state index is 10.3. The lowest BCUT2D eigenvalue weighted by atomic mass is 10.2. The van der Waals surface area contributed by atoms with Crippen molar-refractivity contribution in [1.29, 1.82) is 0 Å². The molecule has 5 heteroatoms. The van der Waals surface area contributed by atoms with Crippen LogP contribution in [0.15, 0.2) is 0 Å². The topological polar surface area (TPSA) is 72.8 Å². The van der Waals surface area contributed by atoms with Crippen LogP contribution in [0.5, 0.6) is 0 Å². The number of aldehydes is 2. The molecule has 0 aromatic heterocycles. The van der Waals surface area contributed by atoms with E-state index in [1.54, 1.807) is 0 Å². The number of hydrogen-bond acceptors (Lipinski definition) is 5. The van der Waals surface area contributed by atoms with Crippen molar-refractivity contribution in [2.45, 2.75) is 25.4 Å². The van der Waals surface area contributed by atoms with Gasteiger partial charge in [0.25, 0.3) is 0 Å². The minimum absolute atomic E-state index is 0.230. The van der Waals surface area contributed by atoms with Crippen molar-refractivity contribution in [1.82, 2.24) is 0 Å². The summed E-state index contributed by atoms with van der Waals surface area (Å²) < 4.78 is 9.36. The normalized spacial score (nSPS) is 17.9. The summed E-state index contributed by atoms with van der Waals surface area (Å²) in [7, 11) is 1.34. The number of carbonyl (C=O) groups excluding carboxylic acids is 2. The third-order valence-corrected chi connectivity index (χ3v) is 1.34. The van der Waals surface area contributed by atoms with Crippen LogP contribution in [0.25, 0.3) is 0 Å². The first-order chi connectivity index (χ1) is 5.65. The molecule has 0 aliphatic heterocycles. The summed E-state index contributed by atoms with van der Waals surface area (Å²) in [5, 5.41) is 8.71. The Labute approximate surface area is 70.3 Å². The summed E-state index contributed by atoms with van der Waals surface area (Å²) in [5.41, 5.74) is 0. The highest BCUT2D eigenvalue weighted by Gasteiger charge is 2.19. The van der Waals surface area contributed by atoms with Crippen molar-refractivity contribution >= 4 is 12.6 Å². The first kappa shape index (κ1) is 11.2. The van der Waals surface area contributed by atoms with Crippen LogP contribution in [0, 0.1) is 0 Å². The van der Waals surface area contributed by atoms with Gasteiger partial charge in [0, 0.05) is 7.11 Å². The lowest BCUT2D eigenvalue weighted by molar-refractivity contribution is -0.169. The summed E-state index contributed by atoms with van der Waals surface area (Å²) in [6.07, 6.45) is -2.14. The van der Waals surface area contributed by atoms with E-state index in [1.807, 2.05) is 0 Å². The van der Waals surface area contributed by atoms with Crippen LogP contribution in [0.1, 0.15) is 6.92 Å². The number of rotatable bonds is 6. The van der Waals surface area contributed by atoms with Gasteiger partial charge in [-0.05, 0) is 6.92 Å². The van der Waals surface area contributed by atoms with Gasteiger partial charge in [-0.25, -0.2) is 0 Å². The molecule has 0 aromatic rings. The van der Waals surface area contributed by atoms with Crippen molar-refractivity contribution in [2.24, 2.45) is 0 Å². The molecule has 0 spiro atoms. The molecule has 0 saturated carbocycles. The first-order valence-corrected chi connectivity index (χ1v) is 3.42. The van der Waals surface area contributed by atoms with E-state index in [0.717, 1.165) is 0 Å². The van der Waals surface area contributed by atoms with Crippen LogP contribution in [0.2, 0.25) is 0 Å². The summed E-state index contributed by atoms with van der Waals surface area (Å²) in [4.78, 5) is 20.2. The van der Waals surface area contributed by atoms with Crippen molar-refractivity contribution in [2.75, 3.05) is 7.11 Å². The SMILES string of the molecule is CO[C@H](C=O)C(C)O[C@H](O)C=O. The second kappa shape index (κ2) is 5.82. The highest BCUT2D eigenvalue weighted by Crippen LogP contribution is 2.01. The molecule has 0 saturated heterocycles. The summed E-state index contributed by atoms with van der Waals surface area (Å²) in [6.45, 7) is 1.52. The largest absolute Gasteiger partial charge is 0.371 e. The third kappa shape index (κ3) is 3.56.